The minimum absolute atomic E-state index is 0.111. The number of amides is 1. The molecule has 5 N–H and O–H groups in total. The number of nitrogens with one attached hydrogen (secondary N) is 5. The van der Waals surface area contributed by atoms with Gasteiger partial charge in [-0.2, -0.15) is 4.98 Å². The van der Waals surface area contributed by atoms with Crippen molar-refractivity contribution >= 4 is 34.4 Å². The van der Waals surface area contributed by atoms with Crippen LogP contribution in [0.15, 0.2) is 60.8 Å². The van der Waals surface area contributed by atoms with E-state index in [2.05, 4.69) is 36.2 Å². The number of para-hydroxylation sites is 1. The van der Waals surface area contributed by atoms with E-state index in [-0.39, 0.29) is 17.8 Å². The van der Waals surface area contributed by atoms with Gasteiger partial charge in [0.2, 0.25) is 5.95 Å². The van der Waals surface area contributed by atoms with Gasteiger partial charge in [0.1, 0.15) is 11.3 Å². The van der Waals surface area contributed by atoms with Crippen LogP contribution < -0.4 is 21.3 Å². The second-order valence-electron chi connectivity index (χ2n) is 8.30. The Bertz CT molecular complexity index is 1300. The maximum Gasteiger partial charge on any atom is 0.253 e. The van der Waals surface area contributed by atoms with Gasteiger partial charge in [0.25, 0.3) is 5.91 Å². The van der Waals surface area contributed by atoms with Crippen LogP contribution in [0.4, 0.5) is 21.8 Å². The third-order valence-electron chi connectivity index (χ3n) is 5.81. The van der Waals surface area contributed by atoms with Crippen molar-refractivity contribution in [2.45, 2.75) is 25.4 Å². The Morgan fingerprint density at radius 3 is 2.88 bits per heavy atom. The topological polar surface area (TPSA) is 107 Å². The standard InChI is InChI=1S/C25H26FN7O/c26-17-6-3-5-16(13-17)14-29-23-22-21(10-12-28-22)32-25(33-23)31-20-9-2-1-8-19(20)24(34)30-18-7-4-11-27-15-18/h1-3,5-6,8-10,12-13,18,27-28H,4,7,11,14-15H2,(H,30,34)(H2,29,31,32,33). The summed E-state index contributed by atoms with van der Waals surface area (Å²) in [6, 6.07) is 15.7. The van der Waals surface area contributed by atoms with Crippen LogP contribution >= 0.6 is 0 Å². The number of carbonyl (C=O) groups excluding carboxylic acids is 1. The van der Waals surface area contributed by atoms with Gasteiger partial charge in [-0.3, -0.25) is 4.79 Å². The molecule has 1 saturated heterocycles. The van der Waals surface area contributed by atoms with E-state index in [1.165, 1.54) is 12.1 Å². The molecule has 8 nitrogen and oxygen atoms in total. The first-order valence-electron chi connectivity index (χ1n) is 11.4. The van der Waals surface area contributed by atoms with E-state index in [0.717, 1.165) is 42.5 Å². The molecule has 9 heteroatoms. The molecule has 4 aromatic rings. The zero-order chi connectivity index (χ0) is 23.3. The van der Waals surface area contributed by atoms with Crippen molar-refractivity contribution in [1.82, 2.24) is 25.6 Å². The molecule has 3 heterocycles. The van der Waals surface area contributed by atoms with Crippen molar-refractivity contribution in [1.29, 1.82) is 0 Å². The number of halogens is 1. The Morgan fingerprint density at radius 2 is 2.03 bits per heavy atom. The van der Waals surface area contributed by atoms with Gasteiger partial charge in [-0.25, -0.2) is 9.37 Å². The van der Waals surface area contributed by atoms with Gasteiger partial charge in [-0.05, 0) is 55.3 Å². The second kappa shape index (κ2) is 9.88. The maximum absolute atomic E-state index is 13.5. The summed E-state index contributed by atoms with van der Waals surface area (Å²) < 4.78 is 13.5. The molecule has 1 amide bonds. The predicted octanol–water partition coefficient (Wildman–Crippen LogP) is 3.93. The fourth-order valence-corrected chi connectivity index (χ4v) is 4.11. The van der Waals surface area contributed by atoms with E-state index in [0.29, 0.717) is 29.6 Å². The minimum atomic E-state index is -0.284. The maximum atomic E-state index is 13.5. The Hall–Kier alpha value is -3.98. The van der Waals surface area contributed by atoms with Gasteiger partial charge in [-0.1, -0.05) is 24.3 Å². The molecule has 1 aliphatic heterocycles. The molecule has 5 rings (SSSR count). The molecule has 0 bridgehead atoms. The number of nitrogens with zero attached hydrogens (tertiary/aromatic N) is 2. The van der Waals surface area contributed by atoms with Gasteiger partial charge < -0.3 is 26.3 Å². The van der Waals surface area contributed by atoms with Gasteiger partial charge in [0.05, 0.1) is 16.8 Å². The van der Waals surface area contributed by atoms with E-state index >= 15 is 0 Å². The molecular weight excluding hydrogens is 433 g/mol. The first-order chi connectivity index (χ1) is 16.7. The molecule has 1 fully saturated rings. The van der Waals surface area contributed by atoms with Crippen LogP contribution in [0.3, 0.4) is 0 Å². The smallest absolute Gasteiger partial charge is 0.253 e. The normalized spacial score (nSPS) is 15.7. The number of anilines is 3. The van der Waals surface area contributed by atoms with Crippen LogP contribution in [-0.2, 0) is 6.54 Å². The summed E-state index contributed by atoms with van der Waals surface area (Å²) in [4.78, 5) is 25.3. The fraction of sp³-hybridized carbons (Fsp3) is 0.240. The van der Waals surface area contributed by atoms with E-state index in [1.807, 2.05) is 30.3 Å². The zero-order valence-corrected chi connectivity index (χ0v) is 18.6. The lowest BCUT2D eigenvalue weighted by molar-refractivity contribution is 0.0931. The van der Waals surface area contributed by atoms with Crippen molar-refractivity contribution in [3.63, 3.8) is 0 Å². The van der Waals surface area contributed by atoms with Crippen molar-refractivity contribution in [2.75, 3.05) is 23.7 Å². The number of aromatic nitrogens is 3. The molecule has 34 heavy (non-hydrogen) atoms. The number of hydrogen-bond donors (Lipinski definition) is 5. The summed E-state index contributed by atoms with van der Waals surface area (Å²) in [5.41, 5.74) is 3.41. The molecule has 1 atom stereocenters. The average Bonchev–Trinajstić information content (AvgIpc) is 3.32. The van der Waals surface area contributed by atoms with Crippen molar-refractivity contribution in [2.24, 2.45) is 0 Å². The third kappa shape index (κ3) is 4.99. The number of hydrogen-bond acceptors (Lipinski definition) is 6. The summed E-state index contributed by atoms with van der Waals surface area (Å²) in [6.45, 7) is 2.16. The van der Waals surface area contributed by atoms with Gasteiger partial charge in [0.15, 0.2) is 5.82 Å². The highest BCUT2D eigenvalue weighted by atomic mass is 19.1. The Kier molecular flexibility index (Phi) is 6.35. The number of aromatic amines is 1. The predicted molar refractivity (Wildman–Crippen MR) is 131 cm³/mol. The van der Waals surface area contributed by atoms with E-state index in [9.17, 15) is 9.18 Å². The van der Waals surface area contributed by atoms with Crippen LogP contribution in [0.2, 0.25) is 0 Å². The highest BCUT2D eigenvalue weighted by Crippen LogP contribution is 2.25. The van der Waals surface area contributed by atoms with Crippen molar-refractivity contribution in [3.05, 3.63) is 77.7 Å². The third-order valence-corrected chi connectivity index (χ3v) is 5.81. The monoisotopic (exact) mass is 459 g/mol. The van der Waals surface area contributed by atoms with Crippen molar-refractivity contribution < 1.29 is 9.18 Å². The lowest BCUT2D eigenvalue weighted by Gasteiger charge is -2.24. The average molecular weight is 460 g/mol. The Labute approximate surface area is 196 Å². The summed E-state index contributed by atoms with van der Waals surface area (Å²) in [5, 5.41) is 12.9. The van der Waals surface area contributed by atoms with Gasteiger partial charge >= 0.3 is 0 Å². The molecule has 1 aliphatic rings. The molecule has 0 saturated carbocycles. The molecule has 1 unspecified atom stereocenters. The van der Waals surface area contributed by atoms with Gasteiger partial charge in [-0.15, -0.1) is 0 Å². The molecule has 2 aromatic heterocycles. The molecule has 0 radical (unpaired) electrons. The molecule has 0 aliphatic carbocycles. The van der Waals surface area contributed by atoms with E-state index in [1.54, 1.807) is 18.3 Å². The lowest BCUT2D eigenvalue weighted by Crippen LogP contribution is -2.45. The van der Waals surface area contributed by atoms with Crippen molar-refractivity contribution in [3.8, 4) is 0 Å². The summed E-state index contributed by atoms with van der Waals surface area (Å²) in [7, 11) is 0. The number of piperidine rings is 1. The highest BCUT2D eigenvalue weighted by molar-refractivity contribution is 6.00. The van der Waals surface area contributed by atoms with Crippen LogP contribution in [0, 0.1) is 5.82 Å². The largest absolute Gasteiger partial charge is 0.364 e. The number of benzene rings is 2. The summed E-state index contributed by atoms with van der Waals surface area (Å²) >= 11 is 0. The number of fused-ring (bicyclic) bond motifs is 1. The van der Waals surface area contributed by atoms with E-state index < -0.39 is 0 Å². The van der Waals surface area contributed by atoms with Crippen LogP contribution in [-0.4, -0.2) is 40.0 Å². The molecule has 174 valence electrons. The van der Waals surface area contributed by atoms with Crippen LogP contribution in [0.25, 0.3) is 11.0 Å². The summed E-state index contributed by atoms with van der Waals surface area (Å²) in [5.74, 6) is 0.516. The number of H-pyrrole nitrogens is 1. The second-order valence-corrected chi connectivity index (χ2v) is 8.30. The SMILES string of the molecule is O=C(NC1CCCNC1)c1ccccc1Nc1nc(NCc2cccc(F)c2)c2[nH]ccc2n1. The molecule has 2 aromatic carbocycles. The molecular formula is C25H26FN7O. The van der Waals surface area contributed by atoms with Crippen LogP contribution in [0.1, 0.15) is 28.8 Å². The first-order valence-corrected chi connectivity index (χ1v) is 11.4. The highest BCUT2D eigenvalue weighted by Gasteiger charge is 2.19. The van der Waals surface area contributed by atoms with Gasteiger partial charge in [0, 0.05) is 25.3 Å². The van der Waals surface area contributed by atoms with E-state index in [4.69, 9.17) is 0 Å². The molecule has 0 spiro atoms. The zero-order valence-electron chi connectivity index (χ0n) is 18.6. The quantitative estimate of drug-likeness (QED) is 0.287. The van der Waals surface area contributed by atoms with Crippen LogP contribution in [0.5, 0.6) is 0 Å². The first kappa shape index (κ1) is 21.8. The Balaban J connectivity index is 1.37. The number of rotatable bonds is 7. The number of carbonyl (C=O) groups is 1. The summed E-state index contributed by atoms with van der Waals surface area (Å²) in [6.07, 6.45) is 3.79. The fourth-order valence-electron chi connectivity index (χ4n) is 4.11. The lowest BCUT2D eigenvalue weighted by atomic mass is 10.1. The minimum Gasteiger partial charge on any atom is -0.364 e. The Morgan fingerprint density at radius 1 is 1.12 bits per heavy atom.